The zero-order valence-corrected chi connectivity index (χ0v) is 16.7. The third kappa shape index (κ3) is 3.46. The van der Waals surface area contributed by atoms with Crippen molar-refractivity contribution < 1.29 is 4.79 Å². The number of carbonyl (C=O) groups excluding carboxylic acids is 1. The van der Waals surface area contributed by atoms with Crippen LogP contribution >= 0.6 is 0 Å². The third-order valence-corrected chi connectivity index (χ3v) is 5.33. The van der Waals surface area contributed by atoms with Crippen LogP contribution in [0.2, 0.25) is 0 Å². The lowest BCUT2D eigenvalue weighted by atomic mass is 10.0. The summed E-state index contributed by atoms with van der Waals surface area (Å²) in [5, 5.41) is 11.4. The lowest BCUT2D eigenvalue weighted by Gasteiger charge is -2.27. The van der Waals surface area contributed by atoms with E-state index in [9.17, 15) is 4.79 Å². The van der Waals surface area contributed by atoms with Gasteiger partial charge in [-0.25, -0.2) is 0 Å². The molecule has 3 aromatic carbocycles. The van der Waals surface area contributed by atoms with Crippen molar-refractivity contribution in [2.45, 2.75) is 19.6 Å². The van der Waals surface area contributed by atoms with E-state index in [1.165, 1.54) is 11.1 Å². The Balaban J connectivity index is 1.57. The number of hydrogen-bond donors (Lipinski definition) is 2. The molecule has 1 aromatic heterocycles. The molecule has 2 N–H and O–H groups in total. The summed E-state index contributed by atoms with van der Waals surface area (Å²) in [7, 11) is 0. The first-order valence-electron chi connectivity index (χ1n) is 10.0. The average molecular weight is 394 g/mol. The van der Waals surface area contributed by atoms with Crippen LogP contribution in [0.15, 0.2) is 85.1 Å². The molecule has 0 saturated carbocycles. The molecule has 0 bridgehead atoms. The van der Waals surface area contributed by atoms with Gasteiger partial charge in [0.1, 0.15) is 6.17 Å². The molecule has 30 heavy (non-hydrogen) atoms. The molecular formula is C25H22N4O. The van der Waals surface area contributed by atoms with Crippen LogP contribution in [-0.4, -0.2) is 15.7 Å². The summed E-state index contributed by atoms with van der Waals surface area (Å²) in [5.41, 5.74) is 6.67. The number of nitrogens with one attached hydrogen (secondary N) is 2. The molecule has 2 heterocycles. The van der Waals surface area contributed by atoms with E-state index in [1.54, 1.807) is 0 Å². The van der Waals surface area contributed by atoms with E-state index in [0.717, 1.165) is 22.5 Å². The molecule has 5 nitrogen and oxygen atoms in total. The van der Waals surface area contributed by atoms with E-state index in [4.69, 9.17) is 5.10 Å². The van der Waals surface area contributed by atoms with Crippen molar-refractivity contribution in [3.8, 4) is 11.3 Å². The Hall–Kier alpha value is -3.86. The monoisotopic (exact) mass is 394 g/mol. The number of anilines is 1. The fourth-order valence-electron chi connectivity index (χ4n) is 3.88. The predicted molar refractivity (Wildman–Crippen MR) is 118 cm³/mol. The number of hydrogen-bond acceptors (Lipinski definition) is 3. The van der Waals surface area contributed by atoms with E-state index < -0.39 is 0 Å². The number of benzene rings is 3. The van der Waals surface area contributed by atoms with Gasteiger partial charge in [0.15, 0.2) is 0 Å². The van der Waals surface area contributed by atoms with Crippen LogP contribution in [-0.2, 0) is 6.54 Å². The maximum atomic E-state index is 12.7. The quantitative estimate of drug-likeness (QED) is 0.525. The molecule has 0 unspecified atom stereocenters. The van der Waals surface area contributed by atoms with Crippen LogP contribution in [0.25, 0.3) is 11.3 Å². The van der Waals surface area contributed by atoms with Gasteiger partial charge in [-0.1, -0.05) is 66.2 Å². The summed E-state index contributed by atoms with van der Waals surface area (Å²) in [6.07, 6.45) is 1.67. The summed E-state index contributed by atoms with van der Waals surface area (Å²) < 4.78 is 1.94. The number of nitrogens with zero attached hydrogens (tertiary/aromatic N) is 2. The molecule has 5 heteroatoms. The molecule has 4 aromatic rings. The molecule has 1 aliphatic rings. The van der Waals surface area contributed by atoms with Crippen LogP contribution in [0.4, 0.5) is 5.69 Å². The Morgan fingerprint density at radius 1 is 0.933 bits per heavy atom. The van der Waals surface area contributed by atoms with E-state index in [1.807, 2.05) is 59.4 Å². The minimum atomic E-state index is -0.354. The Labute approximate surface area is 175 Å². The Kier molecular flexibility index (Phi) is 4.56. The van der Waals surface area contributed by atoms with Crippen LogP contribution in [0, 0.1) is 6.92 Å². The van der Waals surface area contributed by atoms with Crippen molar-refractivity contribution in [1.29, 1.82) is 0 Å². The van der Waals surface area contributed by atoms with Crippen molar-refractivity contribution in [3.05, 3.63) is 107 Å². The molecule has 0 saturated heterocycles. The summed E-state index contributed by atoms with van der Waals surface area (Å²) in [6, 6.07) is 26.1. The van der Waals surface area contributed by atoms with Crippen molar-refractivity contribution >= 4 is 11.6 Å². The topological polar surface area (TPSA) is 59.0 Å². The SMILES string of the molecule is Cc1cccc(-c2nn(Cc3ccccc3)cc2[C@@H]2NC(=O)c3ccccc3N2)c1. The van der Waals surface area contributed by atoms with Gasteiger partial charge in [-0.3, -0.25) is 9.48 Å². The highest BCUT2D eigenvalue weighted by Crippen LogP contribution is 2.32. The number of rotatable bonds is 4. The van der Waals surface area contributed by atoms with Crippen LogP contribution in [0.5, 0.6) is 0 Å². The minimum absolute atomic E-state index is 0.0830. The van der Waals surface area contributed by atoms with Gasteiger partial charge in [0.2, 0.25) is 0 Å². The highest BCUT2D eigenvalue weighted by Gasteiger charge is 2.28. The van der Waals surface area contributed by atoms with Gasteiger partial charge in [0, 0.05) is 23.0 Å². The lowest BCUT2D eigenvalue weighted by molar-refractivity contribution is 0.0936. The first kappa shape index (κ1) is 18.2. The molecule has 0 spiro atoms. The highest BCUT2D eigenvalue weighted by molar-refractivity contribution is 6.01. The second-order valence-corrected chi connectivity index (χ2v) is 7.58. The zero-order chi connectivity index (χ0) is 20.5. The standard InChI is InChI=1S/C25H22N4O/c1-17-8-7-11-19(14-17)23-21(16-29(28-23)15-18-9-3-2-4-10-18)24-26-22-13-6-5-12-20(22)25(30)27-24/h2-14,16,24,26H,15H2,1H3,(H,27,30)/t24-/m0/s1. The minimum Gasteiger partial charge on any atom is -0.361 e. The van der Waals surface area contributed by atoms with Gasteiger partial charge in [-0.05, 0) is 30.7 Å². The first-order valence-corrected chi connectivity index (χ1v) is 10.0. The van der Waals surface area contributed by atoms with Crippen LogP contribution < -0.4 is 10.6 Å². The number of carbonyl (C=O) groups is 1. The van der Waals surface area contributed by atoms with Gasteiger partial charge in [-0.2, -0.15) is 5.10 Å². The van der Waals surface area contributed by atoms with E-state index >= 15 is 0 Å². The molecule has 0 fully saturated rings. The van der Waals surface area contributed by atoms with Crippen molar-refractivity contribution in [2.75, 3.05) is 5.32 Å². The molecule has 0 radical (unpaired) electrons. The largest absolute Gasteiger partial charge is 0.361 e. The van der Waals surface area contributed by atoms with Gasteiger partial charge >= 0.3 is 0 Å². The summed E-state index contributed by atoms with van der Waals surface area (Å²) in [4.78, 5) is 12.7. The van der Waals surface area contributed by atoms with Crippen molar-refractivity contribution in [3.63, 3.8) is 0 Å². The average Bonchev–Trinajstić information content (AvgIpc) is 3.18. The molecule has 0 aliphatic carbocycles. The lowest BCUT2D eigenvalue weighted by Crippen LogP contribution is -2.38. The zero-order valence-electron chi connectivity index (χ0n) is 16.7. The smallest absolute Gasteiger partial charge is 0.255 e. The molecule has 5 rings (SSSR count). The number of aryl methyl sites for hydroxylation is 1. The summed E-state index contributed by atoms with van der Waals surface area (Å²) >= 11 is 0. The highest BCUT2D eigenvalue weighted by atomic mass is 16.2. The third-order valence-electron chi connectivity index (χ3n) is 5.33. The number of para-hydroxylation sites is 1. The van der Waals surface area contributed by atoms with Gasteiger partial charge < -0.3 is 10.6 Å². The van der Waals surface area contributed by atoms with Gasteiger partial charge in [0.05, 0.1) is 17.8 Å². The normalized spacial score (nSPS) is 15.2. The summed E-state index contributed by atoms with van der Waals surface area (Å²) in [6.45, 7) is 2.73. The number of fused-ring (bicyclic) bond motifs is 1. The maximum Gasteiger partial charge on any atom is 0.255 e. The fraction of sp³-hybridized carbons (Fsp3) is 0.120. The number of amides is 1. The number of aromatic nitrogens is 2. The van der Waals surface area contributed by atoms with Gasteiger partial charge in [0.25, 0.3) is 5.91 Å². The predicted octanol–water partition coefficient (Wildman–Crippen LogP) is 4.76. The Morgan fingerprint density at radius 2 is 1.73 bits per heavy atom. The van der Waals surface area contributed by atoms with Crippen LogP contribution in [0.1, 0.15) is 33.2 Å². The maximum absolute atomic E-state index is 12.7. The van der Waals surface area contributed by atoms with Crippen molar-refractivity contribution in [2.24, 2.45) is 0 Å². The second-order valence-electron chi connectivity index (χ2n) is 7.58. The molecule has 148 valence electrons. The molecular weight excluding hydrogens is 372 g/mol. The Morgan fingerprint density at radius 3 is 2.57 bits per heavy atom. The molecule has 1 amide bonds. The fourth-order valence-corrected chi connectivity index (χ4v) is 3.88. The van der Waals surface area contributed by atoms with Crippen LogP contribution in [0.3, 0.4) is 0 Å². The van der Waals surface area contributed by atoms with E-state index in [-0.39, 0.29) is 12.1 Å². The molecule has 1 aliphatic heterocycles. The van der Waals surface area contributed by atoms with Gasteiger partial charge in [-0.15, -0.1) is 0 Å². The Bertz CT molecular complexity index is 1210. The van der Waals surface area contributed by atoms with E-state index in [2.05, 4.69) is 47.9 Å². The van der Waals surface area contributed by atoms with Crippen molar-refractivity contribution in [1.82, 2.24) is 15.1 Å². The second kappa shape index (κ2) is 7.52. The first-order chi connectivity index (χ1) is 14.7. The summed E-state index contributed by atoms with van der Waals surface area (Å²) in [5.74, 6) is -0.0830. The molecule has 1 atom stereocenters. The van der Waals surface area contributed by atoms with E-state index in [0.29, 0.717) is 12.1 Å².